The number of nitrogen functional groups attached to an aromatic ring is 2. The van der Waals surface area contributed by atoms with E-state index in [2.05, 4.69) is 9.97 Å². The summed E-state index contributed by atoms with van der Waals surface area (Å²) in [5.41, 5.74) is 14.6. The van der Waals surface area contributed by atoms with Gasteiger partial charge in [0.05, 0.1) is 0 Å². The lowest BCUT2D eigenvalue weighted by Gasteiger charge is -2.05. The fraction of sp³-hybridized carbons (Fsp3) is 0. The van der Waals surface area contributed by atoms with E-state index in [1.165, 1.54) is 6.33 Å². The van der Waals surface area contributed by atoms with Crippen LogP contribution in [0.4, 0.5) is 11.4 Å². The van der Waals surface area contributed by atoms with Crippen LogP contribution in [0.1, 0.15) is 0 Å². The zero-order valence-corrected chi connectivity index (χ0v) is 7.51. The van der Waals surface area contributed by atoms with Crippen LogP contribution in [0.25, 0.3) is 11.1 Å². The summed E-state index contributed by atoms with van der Waals surface area (Å²) in [5.74, 6) is 0. The molecule has 0 atom stereocenters. The lowest BCUT2D eigenvalue weighted by atomic mass is 10.1. The SMILES string of the molecule is Nc1ccc(N)c(-c2cncnc2)c1. The van der Waals surface area contributed by atoms with Crippen molar-refractivity contribution in [2.75, 3.05) is 11.5 Å². The van der Waals surface area contributed by atoms with Crippen LogP contribution in [0, 0.1) is 0 Å². The van der Waals surface area contributed by atoms with Gasteiger partial charge in [-0.2, -0.15) is 0 Å². The van der Waals surface area contributed by atoms with Crippen molar-refractivity contribution in [3.8, 4) is 11.1 Å². The van der Waals surface area contributed by atoms with E-state index in [-0.39, 0.29) is 0 Å². The molecule has 14 heavy (non-hydrogen) atoms. The standard InChI is InChI=1S/C10H10N4/c11-8-1-2-10(12)9(3-8)7-4-13-6-14-5-7/h1-6H,11-12H2. The highest BCUT2D eigenvalue weighted by atomic mass is 14.8. The second-order valence-electron chi connectivity index (χ2n) is 2.97. The Bertz CT molecular complexity index is 439. The molecule has 0 aliphatic heterocycles. The van der Waals surface area contributed by atoms with Crippen LogP contribution in [-0.4, -0.2) is 9.97 Å². The van der Waals surface area contributed by atoms with Gasteiger partial charge in [0.1, 0.15) is 6.33 Å². The molecule has 1 aromatic carbocycles. The van der Waals surface area contributed by atoms with E-state index in [0.29, 0.717) is 11.4 Å². The molecule has 0 unspecified atom stereocenters. The maximum absolute atomic E-state index is 5.81. The van der Waals surface area contributed by atoms with Crippen LogP contribution in [0.15, 0.2) is 36.9 Å². The summed E-state index contributed by atoms with van der Waals surface area (Å²) < 4.78 is 0. The summed E-state index contributed by atoms with van der Waals surface area (Å²) in [5, 5.41) is 0. The van der Waals surface area contributed by atoms with Gasteiger partial charge in [0.25, 0.3) is 0 Å². The van der Waals surface area contributed by atoms with E-state index in [9.17, 15) is 0 Å². The third-order valence-electron chi connectivity index (χ3n) is 1.95. The van der Waals surface area contributed by atoms with Gasteiger partial charge in [-0.3, -0.25) is 0 Å². The fourth-order valence-electron chi connectivity index (χ4n) is 1.26. The smallest absolute Gasteiger partial charge is 0.115 e. The Labute approximate surface area is 81.6 Å². The topological polar surface area (TPSA) is 77.8 Å². The second-order valence-corrected chi connectivity index (χ2v) is 2.97. The molecule has 0 spiro atoms. The molecule has 0 fully saturated rings. The molecule has 0 saturated heterocycles. The molecule has 4 heteroatoms. The van der Waals surface area contributed by atoms with Gasteiger partial charge >= 0.3 is 0 Å². The molecule has 2 rings (SSSR count). The third-order valence-corrected chi connectivity index (χ3v) is 1.95. The minimum Gasteiger partial charge on any atom is -0.399 e. The third kappa shape index (κ3) is 1.50. The van der Waals surface area contributed by atoms with E-state index in [1.807, 2.05) is 6.07 Å². The van der Waals surface area contributed by atoms with Crippen LogP contribution in [0.3, 0.4) is 0 Å². The number of rotatable bonds is 1. The summed E-state index contributed by atoms with van der Waals surface area (Å²) >= 11 is 0. The molecule has 0 radical (unpaired) electrons. The first-order valence-corrected chi connectivity index (χ1v) is 4.18. The van der Waals surface area contributed by atoms with Crippen molar-refractivity contribution in [3.63, 3.8) is 0 Å². The largest absolute Gasteiger partial charge is 0.399 e. The van der Waals surface area contributed by atoms with Gasteiger partial charge in [0, 0.05) is 34.9 Å². The van der Waals surface area contributed by atoms with E-state index in [0.717, 1.165) is 11.1 Å². The Morgan fingerprint density at radius 2 is 1.71 bits per heavy atom. The summed E-state index contributed by atoms with van der Waals surface area (Å²) in [4.78, 5) is 7.85. The van der Waals surface area contributed by atoms with E-state index in [4.69, 9.17) is 11.5 Å². The van der Waals surface area contributed by atoms with Gasteiger partial charge in [-0.25, -0.2) is 9.97 Å². The molecule has 0 aliphatic carbocycles. The normalized spacial score (nSPS) is 10.0. The number of benzene rings is 1. The number of nitrogens with two attached hydrogens (primary N) is 2. The average Bonchev–Trinajstić information content (AvgIpc) is 2.23. The van der Waals surface area contributed by atoms with Crippen molar-refractivity contribution in [1.29, 1.82) is 0 Å². The summed E-state index contributed by atoms with van der Waals surface area (Å²) in [6.07, 6.45) is 4.89. The quantitative estimate of drug-likeness (QED) is 0.658. The Balaban J connectivity index is 2.57. The molecule has 1 aromatic heterocycles. The van der Waals surface area contributed by atoms with Crippen molar-refractivity contribution < 1.29 is 0 Å². The average molecular weight is 186 g/mol. The second kappa shape index (κ2) is 3.33. The van der Waals surface area contributed by atoms with E-state index in [1.54, 1.807) is 24.5 Å². The number of anilines is 2. The van der Waals surface area contributed by atoms with Gasteiger partial charge < -0.3 is 11.5 Å². The van der Waals surface area contributed by atoms with Crippen molar-refractivity contribution >= 4 is 11.4 Å². The summed E-state index contributed by atoms with van der Waals surface area (Å²) in [6.45, 7) is 0. The first kappa shape index (κ1) is 8.50. The van der Waals surface area contributed by atoms with Gasteiger partial charge in [0.2, 0.25) is 0 Å². The van der Waals surface area contributed by atoms with Gasteiger partial charge in [0.15, 0.2) is 0 Å². The Hall–Kier alpha value is -2.10. The number of hydrogen-bond donors (Lipinski definition) is 2. The van der Waals surface area contributed by atoms with E-state index >= 15 is 0 Å². The molecule has 0 saturated carbocycles. The fourth-order valence-corrected chi connectivity index (χ4v) is 1.26. The number of aromatic nitrogens is 2. The molecule has 2 aromatic rings. The van der Waals surface area contributed by atoms with Crippen LogP contribution in [0.2, 0.25) is 0 Å². The summed E-state index contributed by atoms with van der Waals surface area (Å²) in [7, 11) is 0. The Morgan fingerprint density at radius 3 is 2.43 bits per heavy atom. The Kier molecular flexibility index (Phi) is 2.02. The monoisotopic (exact) mass is 186 g/mol. The molecular weight excluding hydrogens is 176 g/mol. The van der Waals surface area contributed by atoms with Crippen LogP contribution in [-0.2, 0) is 0 Å². The van der Waals surface area contributed by atoms with Crippen LogP contribution < -0.4 is 11.5 Å². The van der Waals surface area contributed by atoms with E-state index < -0.39 is 0 Å². The predicted octanol–water partition coefficient (Wildman–Crippen LogP) is 1.31. The zero-order chi connectivity index (χ0) is 9.97. The van der Waals surface area contributed by atoms with Crippen molar-refractivity contribution in [3.05, 3.63) is 36.9 Å². The maximum Gasteiger partial charge on any atom is 0.115 e. The molecule has 4 nitrogen and oxygen atoms in total. The molecule has 1 heterocycles. The van der Waals surface area contributed by atoms with Crippen molar-refractivity contribution in [2.45, 2.75) is 0 Å². The Morgan fingerprint density at radius 1 is 1.00 bits per heavy atom. The molecule has 4 N–H and O–H groups in total. The zero-order valence-electron chi connectivity index (χ0n) is 7.51. The lowest BCUT2D eigenvalue weighted by Crippen LogP contribution is -1.93. The highest BCUT2D eigenvalue weighted by Crippen LogP contribution is 2.26. The molecular formula is C10H10N4. The minimum absolute atomic E-state index is 0.675. The molecule has 70 valence electrons. The molecule has 0 aliphatic rings. The van der Waals surface area contributed by atoms with Crippen LogP contribution >= 0.6 is 0 Å². The van der Waals surface area contributed by atoms with Crippen LogP contribution in [0.5, 0.6) is 0 Å². The van der Waals surface area contributed by atoms with Gasteiger partial charge in [-0.1, -0.05) is 0 Å². The number of hydrogen-bond acceptors (Lipinski definition) is 4. The number of nitrogens with zero attached hydrogens (tertiary/aromatic N) is 2. The predicted molar refractivity (Wildman–Crippen MR) is 56.3 cm³/mol. The highest BCUT2D eigenvalue weighted by molar-refractivity contribution is 5.78. The van der Waals surface area contributed by atoms with Gasteiger partial charge in [-0.05, 0) is 18.2 Å². The lowest BCUT2D eigenvalue weighted by molar-refractivity contribution is 1.17. The summed E-state index contributed by atoms with van der Waals surface area (Å²) in [6, 6.07) is 5.36. The minimum atomic E-state index is 0.675. The molecule has 0 bridgehead atoms. The molecule has 0 amide bonds. The maximum atomic E-state index is 5.81. The van der Waals surface area contributed by atoms with Crippen molar-refractivity contribution in [1.82, 2.24) is 9.97 Å². The highest BCUT2D eigenvalue weighted by Gasteiger charge is 2.02. The van der Waals surface area contributed by atoms with Crippen molar-refractivity contribution in [2.24, 2.45) is 0 Å². The first-order valence-electron chi connectivity index (χ1n) is 4.18. The first-order chi connectivity index (χ1) is 6.77. The van der Waals surface area contributed by atoms with Gasteiger partial charge in [-0.15, -0.1) is 0 Å².